The third-order valence-corrected chi connectivity index (χ3v) is 4.33. The van der Waals surface area contributed by atoms with Gasteiger partial charge in [0.2, 0.25) is 0 Å². The normalized spacial score (nSPS) is 16.2. The lowest BCUT2D eigenvalue weighted by Gasteiger charge is -2.22. The molecule has 2 unspecified atom stereocenters. The number of thiazole rings is 1. The van der Waals surface area contributed by atoms with Crippen LogP contribution in [0.25, 0.3) is 0 Å². The van der Waals surface area contributed by atoms with E-state index < -0.39 is 0 Å². The van der Waals surface area contributed by atoms with Crippen LogP contribution in [-0.2, 0) is 11.8 Å². The number of hydrogen-bond acceptors (Lipinski definition) is 3. The van der Waals surface area contributed by atoms with Crippen LogP contribution in [0.3, 0.4) is 0 Å². The van der Waals surface area contributed by atoms with E-state index in [0.717, 1.165) is 6.42 Å². The van der Waals surface area contributed by atoms with E-state index in [9.17, 15) is 0 Å². The maximum absolute atomic E-state index is 6.24. The summed E-state index contributed by atoms with van der Waals surface area (Å²) in [4.78, 5) is 4.70. The van der Waals surface area contributed by atoms with Crippen LogP contribution in [0.4, 0.5) is 0 Å². The molecule has 1 aromatic rings. The highest BCUT2D eigenvalue weighted by molar-refractivity contribution is 7.09. The fourth-order valence-corrected chi connectivity index (χ4v) is 2.72. The summed E-state index contributed by atoms with van der Waals surface area (Å²) in [5.74, 6) is 1.17. The molecule has 17 heavy (non-hydrogen) atoms. The molecule has 0 saturated carbocycles. The smallest absolute Gasteiger partial charge is 0.0944 e. The molecule has 3 heteroatoms. The molecule has 0 saturated heterocycles. The van der Waals surface area contributed by atoms with Gasteiger partial charge < -0.3 is 5.73 Å². The van der Waals surface area contributed by atoms with Crippen LogP contribution in [0.15, 0.2) is 5.38 Å². The summed E-state index contributed by atoms with van der Waals surface area (Å²) in [6.07, 6.45) is 0.903. The zero-order chi connectivity index (χ0) is 13.2. The van der Waals surface area contributed by atoms with Gasteiger partial charge in [-0.15, -0.1) is 11.3 Å². The molecule has 0 aromatic carbocycles. The van der Waals surface area contributed by atoms with E-state index in [1.165, 1.54) is 10.7 Å². The molecule has 1 aromatic heterocycles. The molecule has 0 amide bonds. The molecule has 2 nitrogen and oxygen atoms in total. The molecule has 1 rings (SSSR count). The quantitative estimate of drug-likeness (QED) is 0.891. The van der Waals surface area contributed by atoms with Crippen molar-refractivity contribution in [3.8, 4) is 0 Å². The second-order valence-corrected chi connectivity index (χ2v) is 7.29. The zero-order valence-electron chi connectivity index (χ0n) is 11.9. The first-order valence-corrected chi connectivity index (χ1v) is 7.30. The summed E-state index contributed by atoms with van der Waals surface area (Å²) in [5, 5.41) is 3.34. The van der Waals surface area contributed by atoms with Gasteiger partial charge in [0.05, 0.1) is 10.7 Å². The molecule has 98 valence electrons. The zero-order valence-corrected chi connectivity index (χ0v) is 12.8. The van der Waals surface area contributed by atoms with E-state index in [4.69, 9.17) is 10.7 Å². The molecular weight excluding hydrogens is 228 g/mol. The lowest BCUT2D eigenvalue weighted by molar-refractivity contribution is 0.344. The van der Waals surface area contributed by atoms with E-state index in [0.29, 0.717) is 11.8 Å². The Morgan fingerprint density at radius 2 is 1.88 bits per heavy atom. The molecular formula is C14H26N2S. The molecule has 0 spiro atoms. The lowest BCUT2D eigenvalue weighted by atomic mass is 9.89. The van der Waals surface area contributed by atoms with Crippen LogP contribution in [0, 0.1) is 11.8 Å². The minimum atomic E-state index is 0.141. The van der Waals surface area contributed by atoms with Gasteiger partial charge in [0.15, 0.2) is 0 Å². The van der Waals surface area contributed by atoms with E-state index in [1.807, 2.05) is 0 Å². The average molecular weight is 254 g/mol. The van der Waals surface area contributed by atoms with Gasteiger partial charge in [-0.05, 0) is 11.8 Å². The van der Waals surface area contributed by atoms with Gasteiger partial charge in [-0.1, -0.05) is 41.5 Å². The highest BCUT2D eigenvalue weighted by Gasteiger charge is 2.21. The van der Waals surface area contributed by atoms with E-state index >= 15 is 0 Å². The maximum Gasteiger partial charge on any atom is 0.0944 e. The summed E-state index contributed by atoms with van der Waals surface area (Å²) in [6.45, 7) is 13.3. The van der Waals surface area contributed by atoms with Gasteiger partial charge >= 0.3 is 0 Å². The lowest BCUT2D eigenvalue weighted by Crippen LogP contribution is -2.33. The highest BCUT2D eigenvalue weighted by atomic mass is 32.1. The average Bonchev–Trinajstić information content (AvgIpc) is 2.64. The topological polar surface area (TPSA) is 38.9 Å². The number of rotatable bonds is 4. The van der Waals surface area contributed by atoms with Crippen molar-refractivity contribution in [2.45, 2.75) is 59.4 Å². The maximum atomic E-state index is 6.24. The first kappa shape index (κ1) is 14.7. The first-order valence-electron chi connectivity index (χ1n) is 6.42. The Kier molecular flexibility index (Phi) is 4.73. The molecule has 2 N–H and O–H groups in total. The van der Waals surface area contributed by atoms with Crippen molar-refractivity contribution in [3.05, 3.63) is 16.1 Å². The van der Waals surface area contributed by atoms with E-state index in [2.05, 4.69) is 46.9 Å². The third-order valence-electron chi connectivity index (χ3n) is 3.46. The summed E-state index contributed by atoms with van der Waals surface area (Å²) < 4.78 is 0. The van der Waals surface area contributed by atoms with Crippen LogP contribution in [-0.4, -0.2) is 11.0 Å². The Morgan fingerprint density at radius 1 is 1.29 bits per heavy atom. The molecule has 0 radical (unpaired) electrons. The second kappa shape index (κ2) is 5.49. The van der Waals surface area contributed by atoms with E-state index in [1.54, 1.807) is 11.3 Å². The van der Waals surface area contributed by atoms with Gasteiger partial charge in [-0.25, -0.2) is 4.98 Å². The Balaban J connectivity index is 2.67. The summed E-state index contributed by atoms with van der Waals surface area (Å²) in [7, 11) is 0. The Hall–Kier alpha value is -0.410. The number of nitrogens with zero attached hydrogens (tertiary/aromatic N) is 1. The molecule has 0 aliphatic carbocycles. The van der Waals surface area contributed by atoms with Crippen LogP contribution in [0.5, 0.6) is 0 Å². The Bertz CT molecular complexity index is 349. The summed E-state index contributed by atoms with van der Waals surface area (Å²) in [6, 6.07) is 0.217. The summed E-state index contributed by atoms with van der Waals surface area (Å²) in [5.41, 5.74) is 7.56. The molecule has 0 aliphatic rings. The Labute approximate surface area is 110 Å². The minimum Gasteiger partial charge on any atom is -0.327 e. The predicted molar refractivity (Wildman–Crippen MR) is 76.5 cm³/mol. The SMILES string of the molecule is CC(C)C(C)C(N)Cc1nc(C(C)(C)C)cs1. The van der Waals surface area contributed by atoms with Gasteiger partial charge in [0.25, 0.3) is 0 Å². The first-order chi connectivity index (χ1) is 7.71. The highest BCUT2D eigenvalue weighted by Crippen LogP contribution is 2.25. The van der Waals surface area contributed by atoms with Crippen LogP contribution in [0.2, 0.25) is 0 Å². The van der Waals surface area contributed by atoms with Crippen molar-refractivity contribution >= 4 is 11.3 Å². The summed E-state index contributed by atoms with van der Waals surface area (Å²) >= 11 is 1.74. The molecule has 0 bridgehead atoms. The van der Waals surface area contributed by atoms with Gasteiger partial charge in [-0.2, -0.15) is 0 Å². The van der Waals surface area contributed by atoms with Gasteiger partial charge in [0, 0.05) is 23.3 Å². The predicted octanol–water partition coefficient (Wildman–Crippen LogP) is 3.60. The van der Waals surface area contributed by atoms with Crippen molar-refractivity contribution in [2.75, 3.05) is 0 Å². The second-order valence-electron chi connectivity index (χ2n) is 6.35. The molecule has 0 aliphatic heterocycles. The van der Waals surface area contributed by atoms with Crippen LogP contribution >= 0.6 is 11.3 Å². The van der Waals surface area contributed by atoms with Crippen LogP contribution in [0.1, 0.15) is 52.2 Å². The standard InChI is InChI=1S/C14H26N2S/c1-9(2)10(3)11(15)7-13-16-12(8-17-13)14(4,5)6/h8-11H,7,15H2,1-6H3. The fourth-order valence-electron chi connectivity index (χ4n) is 1.63. The third kappa shape index (κ3) is 4.07. The van der Waals surface area contributed by atoms with Crippen molar-refractivity contribution in [1.82, 2.24) is 4.98 Å². The van der Waals surface area contributed by atoms with Crippen LogP contribution < -0.4 is 5.73 Å². The van der Waals surface area contributed by atoms with Gasteiger partial charge in [0.1, 0.15) is 0 Å². The monoisotopic (exact) mass is 254 g/mol. The number of aromatic nitrogens is 1. The van der Waals surface area contributed by atoms with E-state index in [-0.39, 0.29) is 11.5 Å². The van der Waals surface area contributed by atoms with Crippen molar-refractivity contribution < 1.29 is 0 Å². The molecule has 1 heterocycles. The number of nitrogens with two attached hydrogens (primary N) is 1. The van der Waals surface area contributed by atoms with Gasteiger partial charge in [-0.3, -0.25) is 0 Å². The molecule has 2 atom stereocenters. The van der Waals surface area contributed by atoms with Crippen molar-refractivity contribution in [3.63, 3.8) is 0 Å². The van der Waals surface area contributed by atoms with Crippen molar-refractivity contribution in [1.29, 1.82) is 0 Å². The Morgan fingerprint density at radius 3 is 2.29 bits per heavy atom. The van der Waals surface area contributed by atoms with Crippen molar-refractivity contribution in [2.24, 2.45) is 17.6 Å². The fraction of sp³-hybridized carbons (Fsp3) is 0.786. The molecule has 0 fully saturated rings. The largest absolute Gasteiger partial charge is 0.327 e. The minimum absolute atomic E-state index is 0.141. The number of hydrogen-bond donors (Lipinski definition) is 1.